The maximum absolute atomic E-state index is 14.9. The van der Waals surface area contributed by atoms with Crippen LogP contribution < -0.4 is 0 Å². The van der Waals surface area contributed by atoms with Gasteiger partial charge in [-0.1, -0.05) is 31.5 Å². The number of aromatic nitrogens is 1. The van der Waals surface area contributed by atoms with Gasteiger partial charge in [-0.3, -0.25) is 4.57 Å². The number of fused-ring (bicyclic) bond motifs is 1. The normalized spacial score (nSPS) is 12.3. The molecule has 0 spiro atoms. The third-order valence-corrected chi connectivity index (χ3v) is 6.06. The predicted octanol–water partition coefficient (Wildman–Crippen LogP) is 5.51. The maximum atomic E-state index is 14.9. The fourth-order valence-corrected chi connectivity index (χ4v) is 4.03. The van der Waals surface area contributed by atoms with Crippen LogP contribution in [0.4, 0.5) is 8.78 Å². The Morgan fingerprint density at radius 3 is 2.36 bits per heavy atom. The zero-order chi connectivity index (χ0) is 20.8. The Morgan fingerprint density at radius 1 is 1.11 bits per heavy atom. The Morgan fingerprint density at radius 2 is 1.75 bits per heavy atom. The zero-order valence-electron chi connectivity index (χ0n) is 16.1. The Balaban J connectivity index is 2.40. The molecule has 0 bridgehead atoms. The first-order valence-corrected chi connectivity index (χ1v) is 10.7. The molecular weight excluding hydrogens is 391 g/mol. The van der Waals surface area contributed by atoms with Gasteiger partial charge in [-0.2, -0.15) is 8.78 Å². The van der Waals surface area contributed by atoms with Crippen LogP contribution in [0.15, 0.2) is 30.3 Å². The van der Waals surface area contributed by atoms with E-state index in [1.165, 1.54) is 26.0 Å². The van der Waals surface area contributed by atoms with Gasteiger partial charge >= 0.3 is 19.2 Å². The molecule has 0 amide bonds. The van der Waals surface area contributed by atoms with Crippen molar-refractivity contribution in [2.45, 2.75) is 39.3 Å². The summed E-state index contributed by atoms with van der Waals surface area (Å²) in [5.41, 5.74) is -4.26. The smallest absolute Gasteiger partial charge is 0.404 e. The van der Waals surface area contributed by atoms with Gasteiger partial charge in [0.25, 0.3) is 0 Å². The maximum Gasteiger partial charge on any atom is 0.404 e. The van der Waals surface area contributed by atoms with E-state index in [-0.39, 0.29) is 31.0 Å². The van der Waals surface area contributed by atoms with Crippen molar-refractivity contribution in [3.8, 4) is 0 Å². The second kappa shape index (κ2) is 9.54. The molecule has 0 aliphatic rings. The number of hydrogen-bond acceptors (Lipinski definition) is 6. The lowest BCUT2D eigenvalue weighted by molar-refractivity contribution is 0.0361. The van der Waals surface area contributed by atoms with Crippen LogP contribution in [-0.2, 0) is 24.0 Å². The van der Waals surface area contributed by atoms with Crippen LogP contribution in [0.25, 0.3) is 10.9 Å². The predicted molar refractivity (Wildman–Crippen MR) is 102 cm³/mol. The summed E-state index contributed by atoms with van der Waals surface area (Å²) in [5, 5.41) is 0.548. The van der Waals surface area contributed by atoms with E-state index < -0.39 is 24.8 Å². The number of alkyl halides is 2. The Bertz CT molecular complexity index is 865. The molecule has 0 atom stereocenters. The number of unbranched alkanes of at least 4 members (excludes halogenated alkanes) is 1. The summed E-state index contributed by atoms with van der Waals surface area (Å²) in [5.74, 6) is -0.623. The molecule has 0 aliphatic carbocycles. The molecule has 0 aliphatic heterocycles. The number of pyridine rings is 1. The lowest BCUT2D eigenvalue weighted by Gasteiger charge is -2.26. The highest BCUT2D eigenvalue weighted by molar-refractivity contribution is 7.54. The molecule has 1 aromatic heterocycles. The number of hydrogen-bond donors (Lipinski definition) is 0. The van der Waals surface area contributed by atoms with Crippen LogP contribution in [0.3, 0.4) is 0 Å². The number of halogens is 2. The van der Waals surface area contributed by atoms with Crippen molar-refractivity contribution in [1.29, 1.82) is 0 Å². The van der Waals surface area contributed by atoms with Gasteiger partial charge in [0, 0.05) is 10.9 Å². The molecule has 0 saturated heterocycles. The highest BCUT2D eigenvalue weighted by Crippen LogP contribution is 2.66. The summed E-state index contributed by atoms with van der Waals surface area (Å²) in [6.45, 7) is 4.77. The van der Waals surface area contributed by atoms with Crippen molar-refractivity contribution in [2.75, 3.05) is 19.8 Å². The number of ether oxygens (including phenoxy) is 1. The minimum atomic E-state index is -4.72. The third kappa shape index (κ3) is 4.74. The number of carbonyl (C=O) groups excluding carboxylic acids is 1. The first-order valence-electron chi connectivity index (χ1n) is 9.14. The van der Waals surface area contributed by atoms with Crippen LogP contribution in [-0.4, -0.2) is 30.8 Å². The molecule has 2 aromatic rings. The van der Waals surface area contributed by atoms with Crippen molar-refractivity contribution in [3.63, 3.8) is 0 Å². The molecule has 0 radical (unpaired) electrons. The topological polar surface area (TPSA) is 74.7 Å². The summed E-state index contributed by atoms with van der Waals surface area (Å²) >= 11 is 0. The minimum Gasteiger partial charge on any atom is -0.461 e. The summed E-state index contributed by atoms with van der Waals surface area (Å²) in [4.78, 5) is 16.2. The van der Waals surface area contributed by atoms with E-state index in [1.54, 1.807) is 6.07 Å². The van der Waals surface area contributed by atoms with Gasteiger partial charge in [-0.15, -0.1) is 0 Å². The van der Waals surface area contributed by atoms with Gasteiger partial charge in [0.05, 0.1) is 25.3 Å². The summed E-state index contributed by atoms with van der Waals surface area (Å²) in [7, 11) is -4.72. The van der Waals surface area contributed by atoms with Gasteiger partial charge in [0.15, 0.2) is 0 Å². The summed E-state index contributed by atoms with van der Waals surface area (Å²) in [6, 6.07) is 6.71. The molecule has 2 rings (SSSR count). The highest BCUT2D eigenvalue weighted by atomic mass is 31.2. The van der Waals surface area contributed by atoms with E-state index in [0.29, 0.717) is 5.39 Å². The summed E-state index contributed by atoms with van der Waals surface area (Å²) < 4.78 is 57.2. The highest BCUT2D eigenvalue weighted by Gasteiger charge is 2.54. The number of nitrogens with zero attached hydrogens (tertiary/aromatic N) is 1. The van der Waals surface area contributed by atoms with Gasteiger partial charge < -0.3 is 13.8 Å². The minimum absolute atomic E-state index is 0.0156. The Kier molecular flexibility index (Phi) is 7.63. The Labute approximate surface area is 162 Å². The van der Waals surface area contributed by atoms with Crippen LogP contribution in [0.1, 0.15) is 49.7 Å². The van der Waals surface area contributed by atoms with E-state index in [9.17, 15) is 18.1 Å². The molecular formula is C19H24F2NO5P. The lowest BCUT2D eigenvalue weighted by Crippen LogP contribution is -2.18. The van der Waals surface area contributed by atoms with Crippen molar-refractivity contribution < 1.29 is 31.9 Å². The van der Waals surface area contributed by atoms with Crippen molar-refractivity contribution >= 4 is 24.5 Å². The molecule has 9 heteroatoms. The first-order chi connectivity index (χ1) is 13.3. The molecule has 0 unspecified atom stereocenters. The average Bonchev–Trinajstić information content (AvgIpc) is 2.67. The first kappa shape index (κ1) is 22.4. The SMILES string of the molecule is CCCCOC(=O)c1ccc2ccc(C(F)(F)P(=O)(OCC)OCC)cc2n1. The monoisotopic (exact) mass is 415 g/mol. The van der Waals surface area contributed by atoms with Crippen molar-refractivity contribution in [1.82, 2.24) is 4.98 Å². The number of benzene rings is 1. The standard InChI is InChI=1S/C19H24F2NO5P/c1-4-7-12-25-18(23)16-11-9-14-8-10-15(13-17(14)22-16)19(20,21)28(24,26-5-2)27-6-3/h8-11,13H,4-7,12H2,1-3H3. The van der Waals surface area contributed by atoms with Gasteiger partial charge in [-0.25, -0.2) is 9.78 Å². The second-order valence-electron chi connectivity index (χ2n) is 5.97. The molecule has 0 N–H and O–H groups in total. The molecule has 154 valence electrons. The Hall–Kier alpha value is -1.89. The van der Waals surface area contributed by atoms with E-state index in [4.69, 9.17) is 13.8 Å². The number of rotatable bonds is 10. The largest absolute Gasteiger partial charge is 0.461 e. The van der Waals surface area contributed by atoms with E-state index in [1.807, 2.05) is 6.92 Å². The fourth-order valence-electron chi connectivity index (χ4n) is 2.50. The van der Waals surface area contributed by atoms with Crippen LogP contribution in [0.5, 0.6) is 0 Å². The van der Waals surface area contributed by atoms with Crippen LogP contribution in [0, 0.1) is 0 Å². The van der Waals surface area contributed by atoms with Gasteiger partial charge in [0.1, 0.15) is 5.69 Å². The summed E-state index contributed by atoms with van der Waals surface area (Å²) in [6.07, 6.45) is 1.59. The molecule has 0 saturated carbocycles. The van der Waals surface area contributed by atoms with Crippen LogP contribution in [0.2, 0.25) is 0 Å². The van der Waals surface area contributed by atoms with Crippen molar-refractivity contribution in [2.24, 2.45) is 0 Å². The second-order valence-corrected chi connectivity index (χ2v) is 8.04. The third-order valence-electron chi connectivity index (χ3n) is 3.92. The zero-order valence-corrected chi connectivity index (χ0v) is 17.0. The number of esters is 1. The quantitative estimate of drug-likeness (QED) is 0.290. The van der Waals surface area contributed by atoms with Crippen molar-refractivity contribution in [3.05, 3.63) is 41.6 Å². The van der Waals surface area contributed by atoms with Gasteiger partial charge in [-0.05, 0) is 32.4 Å². The molecule has 1 heterocycles. The number of carbonyl (C=O) groups is 1. The fraction of sp³-hybridized carbons (Fsp3) is 0.474. The van der Waals surface area contributed by atoms with Gasteiger partial charge in [0.2, 0.25) is 0 Å². The lowest BCUT2D eigenvalue weighted by atomic mass is 10.1. The van der Waals surface area contributed by atoms with E-state index in [0.717, 1.165) is 25.0 Å². The van der Waals surface area contributed by atoms with Crippen LogP contribution >= 0.6 is 7.60 Å². The molecule has 28 heavy (non-hydrogen) atoms. The average molecular weight is 415 g/mol. The van der Waals surface area contributed by atoms with E-state index in [2.05, 4.69) is 4.98 Å². The van der Waals surface area contributed by atoms with E-state index >= 15 is 0 Å². The molecule has 1 aromatic carbocycles. The molecule has 6 nitrogen and oxygen atoms in total. The molecule has 0 fully saturated rings.